The van der Waals surface area contributed by atoms with Gasteiger partial charge in [-0.25, -0.2) is 4.39 Å². The molecule has 1 aliphatic carbocycles. The van der Waals surface area contributed by atoms with Crippen LogP contribution in [0.25, 0.3) is 11.1 Å². The van der Waals surface area contributed by atoms with E-state index in [4.69, 9.17) is 5.26 Å². The Labute approximate surface area is 180 Å². The third kappa shape index (κ3) is 3.55. The molecule has 2 aliphatic heterocycles. The molecule has 3 atom stereocenters. The van der Waals surface area contributed by atoms with Gasteiger partial charge in [0, 0.05) is 32.1 Å². The van der Waals surface area contributed by atoms with E-state index in [0.29, 0.717) is 30.1 Å². The molecule has 1 N–H and O–H groups in total. The summed E-state index contributed by atoms with van der Waals surface area (Å²) < 4.78 is 14.3. The largest absolute Gasteiger partial charge is 0.310 e. The quantitative estimate of drug-likeness (QED) is 0.681. The molecule has 2 aromatic rings. The van der Waals surface area contributed by atoms with E-state index in [1.807, 2.05) is 12.1 Å². The first-order chi connectivity index (χ1) is 14.5. The summed E-state index contributed by atoms with van der Waals surface area (Å²) in [5.41, 5.74) is 4.95. The topological polar surface area (TPSA) is 39.1 Å². The Balaban J connectivity index is 0.00000231. The molecule has 2 bridgehead atoms. The molecule has 158 valence electrons. The second kappa shape index (κ2) is 7.80. The van der Waals surface area contributed by atoms with Gasteiger partial charge in [-0.3, -0.25) is 4.90 Å². The van der Waals surface area contributed by atoms with Crippen LogP contribution in [0, 0.1) is 17.1 Å². The van der Waals surface area contributed by atoms with E-state index in [9.17, 15) is 4.39 Å². The molecule has 30 heavy (non-hydrogen) atoms. The Morgan fingerprint density at radius 2 is 2.03 bits per heavy atom. The molecule has 3 nitrogen and oxygen atoms in total. The van der Waals surface area contributed by atoms with Gasteiger partial charge in [0.15, 0.2) is 0 Å². The van der Waals surface area contributed by atoms with Gasteiger partial charge in [-0.1, -0.05) is 38.1 Å². The number of nitrogens with zero attached hydrogens (tertiary/aromatic N) is 2. The highest BCUT2D eigenvalue weighted by Crippen LogP contribution is 2.48. The molecule has 3 fully saturated rings. The van der Waals surface area contributed by atoms with Crippen LogP contribution in [0.15, 0.2) is 36.4 Å². The van der Waals surface area contributed by atoms with Gasteiger partial charge in [0.1, 0.15) is 11.9 Å². The van der Waals surface area contributed by atoms with Crippen molar-refractivity contribution in [3.05, 3.63) is 58.9 Å². The molecular formula is C26H32FN3. The molecule has 3 aliphatic rings. The lowest BCUT2D eigenvalue weighted by molar-refractivity contribution is 0.230. The number of hydrogen-bond acceptors (Lipinski definition) is 3. The Morgan fingerprint density at radius 3 is 2.73 bits per heavy atom. The molecular weight excluding hydrogens is 373 g/mol. The first-order valence-corrected chi connectivity index (χ1v) is 11.4. The van der Waals surface area contributed by atoms with Crippen LogP contribution >= 0.6 is 0 Å². The second-order valence-electron chi connectivity index (χ2n) is 9.59. The van der Waals surface area contributed by atoms with Crippen molar-refractivity contribution in [2.75, 3.05) is 0 Å². The minimum atomic E-state index is -0.428. The smallest absolute Gasteiger partial charge is 0.141 e. The maximum atomic E-state index is 14.3. The standard InChI is InChI=1S/C26H30FN3.H2/c1-16(2)29-24-13-21-10-11-25(24)30(21)15-20-4-3-5-22(26(20)17-6-7-17)18-8-9-19(14-28)23(27)12-18;/h3-5,8-9,12,16-17,21,24-25,29H,6-7,10-11,13,15H2,1-2H3;1H/t21-,24+,25+;/m0./s1. The fourth-order valence-electron chi connectivity index (χ4n) is 5.78. The third-order valence-corrected chi connectivity index (χ3v) is 7.16. The van der Waals surface area contributed by atoms with Crippen LogP contribution in [-0.4, -0.2) is 29.1 Å². The second-order valence-corrected chi connectivity index (χ2v) is 9.59. The average Bonchev–Trinajstić information content (AvgIpc) is 3.44. The predicted octanol–water partition coefficient (Wildman–Crippen LogP) is 5.59. The Kier molecular flexibility index (Phi) is 5.13. The molecule has 0 spiro atoms. The molecule has 0 aromatic heterocycles. The predicted molar refractivity (Wildman–Crippen MR) is 120 cm³/mol. The van der Waals surface area contributed by atoms with Crippen LogP contribution in [0.1, 0.15) is 70.0 Å². The van der Waals surface area contributed by atoms with Crippen LogP contribution in [-0.2, 0) is 6.54 Å². The van der Waals surface area contributed by atoms with Crippen molar-refractivity contribution < 1.29 is 5.82 Å². The molecule has 0 radical (unpaired) electrons. The highest BCUT2D eigenvalue weighted by atomic mass is 19.1. The van der Waals surface area contributed by atoms with Crippen molar-refractivity contribution in [1.29, 1.82) is 5.26 Å². The number of rotatable bonds is 6. The lowest BCUT2D eigenvalue weighted by Crippen LogP contribution is -2.43. The Morgan fingerprint density at radius 1 is 1.20 bits per heavy atom. The maximum absolute atomic E-state index is 14.3. The van der Waals surface area contributed by atoms with E-state index in [-0.39, 0.29) is 6.99 Å². The zero-order valence-corrected chi connectivity index (χ0v) is 17.9. The van der Waals surface area contributed by atoms with E-state index in [1.165, 1.54) is 49.3 Å². The third-order valence-electron chi connectivity index (χ3n) is 7.16. The van der Waals surface area contributed by atoms with Gasteiger partial charge >= 0.3 is 0 Å². The average molecular weight is 406 g/mol. The van der Waals surface area contributed by atoms with Gasteiger partial charge < -0.3 is 5.32 Å². The summed E-state index contributed by atoms with van der Waals surface area (Å²) in [6, 6.07) is 15.9. The number of fused-ring (bicyclic) bond motifs is 2. The lowest BCUT2D eigenvalue weighted by Gasteiger charge is -2.27. The Hall–Kier alpha value is -2.22. The van der Waals surface area contributed by atoms with Crippen molar-refractivity contribution in [2.24, 2.45) is 0 Å². The zero-order chi connectivity index (χ0) is 20.8. The first-order valence-electron chi connectivity index (χ1n) is 11.4. The van der Waals surface area contributed by atoms with E-state index in [1.54, 1.807) is 6.07 Å². The fourth-order valence-corrected chi connectivity index (χ4v) is 5.78. The lowest BCUT2D eigenvalue weighted by atomic mass is 9.91. The molecule has 2 aromatic carbocycles. The number of halogens is 1. The van der Waals surface area contributed by atoms with Gasteiger partial charge in [-0.05, 0) is 72.4 Å². The van der Waals surface area contributed by atoms with Crippen LogP contribution in [0.2, 0.25) is 0 Å². The van der Waals surface area contributed by atoms with Crippen molar-refractivity contribution in [2.45, 2.75) is 82.6 Å². The van der Waals surface area contributed by atoms with E-state index < -0.39 is 5.82 Å². The minimum Gasteiger partial charge on any atom is -0.310 e. The van der Waals surface area contributed by atoms with E-state index in [2.05, 4.69) is 42.3 Å². The summed E-state index contributed by atoms with van der Waals surface area (Å²) in [5, 5.41) is 12.9. The summed E-state index contributed by atoms with van der Waals surface area (Å²) >= 11 is 0. The van der Waals surface area contributed by atoms with Crippen molar-refractivity contribution in [3.63, 3.8) is 0 Å². The zero-order valence-electron chi connectivity index (χ0n) is 17.9. The monoisotopic (exact) mass is 405 g/mol. The molecule has 2 heterocycles. The summed E-state index contributed by atoms with van der Waals surface area (Å²) in [4.78, 5) is 2.73. The van der Waals surface area contributed by atoms with Crippen molar-refractivity contribution in [1.82, 2.24) is 10.2 Å². The van der Waals surface area contributed by atoms with Gasteiger partial charge in [0.25, 0.3) is 0 Å². The summed E-state index contributed by atoms with van der Waals surface area (Å²) in [6.07, 6.45) is 6.27. The fraction of sp³-hybridized carbons (Fsp3) is 0.500. The molecule has 0 unspecified atom stereocenters. The maximum Gasteiger partial charge on any atom is 0.141 e. The molecule has 2 saturated heterocycles. The van der Waals surface area contributed by atoms with Gasteiger partial charge in [0.05, 0.1) is 5.56 Å². The SMILES string of the molecule is CC(C)N[C@@H]1C[C@@H]2CC[C@H]1N2Cc1cccc(-c2ccc(C#N)c(F)c2)c1C1CC1.[HH]. The summed E-state index contributed by atoms with van der Waals surface area (Å²) in [5.74, 6) is 0.155. The van der Waals surface area contributed by atoms with Gasteiger partial charge in [-0.2, -0.15) is 5.26 Å². The Bertz CT molecular complexity index is 995. The van der Waals surface area contributed by atoms with Crippen molar-refractivity contribution in [3.8, 4) is 17.2 Å². The normalized spacial score (nSPS) is 25.8. The van der Waals surface area contributed by atoms with Gasteiger partial charge in [-0.15, -0.1) is 0 Å². The van der Waals surface area contributed by atoms with Crippen molar-refractivity contribution >= 4 is 0 Å². The highest BCUT2D eigenvalue weighted by molar-refractivity contribution is 5.71. The van der Waals surface area contributed by atoms with E-state index >= 15 is 0 Å². The van der Waals surface area contributed by atoms with Crippen LogP contribution in [0.4, 0.5) is 4.39 Å². The van der Waals surface area contributed by atoms with E-state index in [0.717, 1.165) is 17.7 Å². The first kappa shape index (κ1) is 19.7. The number of nitriles is 1. The minimum absolute atomic E-state index is 0. The van der Waals surface area contributed by atoms with Crippen LogP contribution in [0.5, 0.6) is 0 Å². The summed E-state index contributed by atoms with van der Waals surface area (Å²) in [6.45, 7) is 5.47. The van der Waals surface area contributed by atoms with Crippen LogP contribution < -0.4 is 5.32 Å². The van der Waals surface area contributed by atoms with Gasteiger partial charge in [0.2, 0.25) is 0 Å². The number of nitrogens with one attached hydrogen (secondary N) is 1. The molecule has 1 saturated carbocycles. The number of hydrogen-bond donors (Lipinski definition) is 1. The number of benzene rings is 2. The molecule has 4 heteroatoms. The summed E-state index contributed by atoms with van der Waals surface area (Å²) in [7, 11) is 0. The molecule has 5 rings (SSSR count). The molecule has 0 amide bonds. The highest BCUT2D eigenvalue weighted by Gasteiger charge is 2.46. The van der Waals surface area contributed by atoms with Crippen LogP contribution in [0.3, 0.4) is 0 Å².